The summed E-state index contributed by atoms with van der Waals surface area (Å²) in [5, 5.41) is 16.7. The predicted molar refractivity (Wildman–Crippen MR) is 40.1 cm³/mol. The molecule has 0 amide bonds. The number of hydrogen-bond acceptors (Lipinski definition) is 4. The van der Waals surface area contributed by atoms with Gasteiger partial charge in [-0.3, -0.25) is 4.79 Å². The first kappa shape index (κ1) is 9.28. The fourth-order valence-corrected chi connectivity index (χ4v) is 0.852. The Morgan fingerprint density at radius 3 is 2.33 bits per heavy atom. The zero-order valence-electron chi connectivity index (χ0n) is 4.67. The summed E-state index contributed by atoms with van der Waals surface area (Å²) in [6.07, 6.45) is 0. The summed E-state index contributed by atoms with van der Waals surface area (Å²) in [4.78, 5) is 10.5. The Kier molecular flexibility index (Phi) is 5.25. The van der Waals surface area contributed by atoms with Crippen molar-refractivity contribution in [2.45, 2.75) is 6.04 Å². The summed E-state index contributed by atoms with van der Waals surface area (Å²) < 4.78 is 2.51. The van der Waals surface area contributed by atoms with Gasteiger partial charge in [0.1, 0.15) is 12.6 Å². The molecular formula is C4H8INO3. The summed E-state index contributed by atoms with van der Waals surface area (Å²) >= 11 is 1.75. The second kappa shape index (κ2) is 5.10. The van der Waals surface area contributed by atoms with Crippen LogP contribution in [0.5, 0.6) is 0 Å². The Morgan fingerprint density at radius 1 is 1.67 bits per heavy atom. The van der Waals surface area contributed by atoms with Gasteiger partial charge in [-0.2, -0.15) is 0 Å². The molecule has 0 bridgehead atoms. The molecule has 0 aliphatic heterocycles. The van der Waals surface area contributed by atoms with E-state index in [4.69, 9.17) is 10.2 Å². The number of carbonyl (C=O) groups is 1. The van der Waals surface area contributed by atoms with E-state index in [2.05, 4.69) is 3.53 Å². The van der Waals surface area contributed by atoms with Gasteiger partial charge in [0.2, 0.25) is 0 Å². The molecule has 0 radical (unpaired) electrons. The van der Waals surface area contributed by atoms with Gasteiger partial charge in [0.05, 0.1) is 6.61 Å². The third-order valence-corrected chi connectivity index (χ3v) is 1.61. The van der Waals surface area contributed by atoms with Crippen LogP contribution in [0, 0.1) is 0 Å². The summed E-state index contributed by atoms with van der Waals surface area (Å²) in [6, 6.07) is -0.629. The molecule has 0 rings (SSSR count). The van der Waals surface area contributed by atoms with E-state index in [1.165, 1.54) is 0 Å². The lowest BCUT2D eigenvalue weighted by Gasteiger charge is -2.06. The van der Waals surface area contributed by atoms with Crippen molar-refractivity contribution in [3.63, 3.8) is 0 Å². The summed E-state index contributed by atoms with van der Waals surface area (Å²) in [7, 11) is 0. The highest BCUT2D eigenvalue weighted by Crippen LogP contribution is 1.86. The summed E-state index contributed by atoms with van der Waals surface area (Å²) in [5.41, 5.74) is 0. The fourth-order valence-electron chi connectivity index (χ4n) is 0.307. The van der Waals surface area contributed by atoms with Crippen LogP contribution in [0.3, 0.4) is 0 Å². The maximum atomic E-state index is 10.5. The Labute approximate surface area is 66.8 Å². The second-order valence-corrected chi connectivity index (χ2v) is 2.09. The highest BCUT2D eigenvalue weighted by molar-refractivity contribution is 14.1. The van der Waals surface area contributed by atoms with E-state index < -0.39 is 18.4 Å². The van der Waals surface area contributed by atoms with Gasteiger partial charge in [0, 0.05) is 22.9 Å². The minimum absolute atomic E-state index is 0.275. The first-order chi connectivity index (χ1) is 4.26. The van der Waals surface area contributed by atoms with Gasteiger partial charge in [-0.05, 0) is 0 Å². The molecule has 0 aromatic heterocycles. The van der Waals surface area contributed by atoms with Crippen molar-refractivity contribution in [2.24, 2.45) is 0 Å². The molecule has 0 aromatic carbocycles. The molecule has 54 valence electrons. The number of rotatable bonds is 4. The van der Waals surface area contributed by atoms with Crippen molar-refractivity contribution < 1.29 is 15.0 Å². The smallest absolute Gasteiger partial charge is 0.178 e. The number of carbonyl (C=O) groups excluding carboxylic acids is 1. The van der Waals surface area contributed by atoms with Gasteiger partial charge < -0.3 is 10.2 Å². The molecule has 0 aliphatic rings. The van der Waals surface area contributed by atoms with Crippen molar-refractivity contribution in [1.82, 2.24) is 3.53 Å². The number of halogens is 1. The molecule has 1 atom stereocenters. The molecule has 0 saturated carbocycles. The van der Waals surface area contributed by atoms with Crippen molar-refractivity contribution in [2.75, 3.05) is 13.2 Å². The monoisotopic (exact) mass is 245 g/mol. The topological polar surface area (TPSA) is 69.6 Å². The normalized spacial score (nSPS) is 13.2. The van der Waals surface area contributed by atoms with E-state index in [-0.39, 0.29) is 6.61 Å². The standard InChI is InChI=1S/C4H8INO3/c5-6-3(1-7)4(9)2-8/h3,6-8H,1-2H2/t3-/m0/s1. The zero-order valence-corrected chi connectivity index (χ0v) is 6.83. The number of hydrogen-bond donors (Lipinski definition) is 3. The molecule has 0 saturated heterocycles. The highest BCUT2D eigenvalue weighted by Gasteiger charge is 2.13. The fraction of sp³-hybridized carbons (Fsp3) is 0.750. The zero-order chi connectivity index (χ0) is 7.28. The van der Waals surface area contributed by atoms with E-state index in [1.54, 1.807) is 22.9 Å². The Bertz CT molecular complexity index is 93.8. The first-order valence-electron chi connectivity index (χ1n) is 2.36. The molecule has 0 aromatic rings. The van der Waals surface area contributed by atoms with Crippen LogP contribution >= 0.6 is 22.9 Å². The molecule has 0 aliphatic carbocycles. The van der Waals surface area contributed by atoms with Crippen molar-refractivity contribution in [3.8, 4) is 0 Å². The Morgan fingerprint density at radius 2 is 2.22 bits per heavy atom. The van der Waals surface area contributed by atoms with E-state index >= 15 is 0 Å². The van der Waals surface area contributed by atoms with Gasteiger partial charge in [0.25, 0.3) is 0 Å². The van der Waals surface area contributed by atoms with Crippen LogP contribution in [0.4, 0.5) is 0 Å². The van der Waals surface area contributed by atoms with Gasteiger partial charge in [-0.25, -0.2) is 3.53 Å². The van der Waals surface area contributed by atoms with Crippen LogP contribution in [0.25, 0.3) is 0 Å². The molecule has 4 nitrogen and oxygen atoms in total. The maximum absolute atomic E-state index is 10.5. The third-order valence-electron chi connectivity index (χ3n) is 0.859. The lowest BCUT2D eigenvalue weighted by atomic mass is 10.2. The van der Waals surface area contributed by atoms with E-state index in [0.29, 0.717) is 0 Å². The van der Waals surface area contributed by atoms with Crippen molar-refractivity contribution >= 4 is 28.6 Å². The highest BCUT2D eigenvalue weighted by atomic mass is 127. The lowest BCUT2D eigenvalue weighted by molar-refractivity contribution is -0.124. The van der Waals surface area contributed by atoms with E-state index in [9.17, 15) is 4.79 Å². The SMILES string of the molecule is O=C(CO)[C@H](CO)NI. The number of aliphatic hydroxyl groups excluding tert-OH is 2. The molecule has 0 spiro atoms. The van der Waals surface area contributed by atoms with Gasteiger partial charge >= 0.3 is 0 Å². The van der Waals surface area contributed by atoms with Gasteiger partial charge in [-0.1, -0.05) is 0 Å². The third kappa shape index (κ3) is 3.09. The largest absolute Gasteiger partial charge is 0.394 e. The minimum atomic E-state index is -0.629. The van der Waals surface area contributed by atoms with Crippen LogP contribution in [0.15, 0.2) is 0 Å². The summed E-state index contributed by atoms with van der Waals surface area (Å²) in [5.74, 6) is -0.396. The molecular weight excluding hydrogens is 237 g/mol. The minimum Gasteiger partial charge on any atom is -0.394 e. The predicted octanol–water partition coefficient (Wildman–Crippen LogP) is -1.15. The van der Waals surface area contributed by atoms with Crippen molar-refractivity contribution in [1.29, 1.82) is 0 Å². The van der Waals surface area contributed by atoms with E-state index in [0.717, 1.165) is 0 Å². The average Bonchev–Trinajstić information content (AvgIpc) is 1.90. The second-order valence-electron chi connectivity index (χ2n) is 1.47. The molecule has 9 heavy (non-hydrogen) atoms. The Balaban J connectivity index is 3.64. The van der Waals surface area contributed by atoms with Crippen LogP contribution in [-0.2, 0) is 4.79 Å². The first-order valence-corrected chi connectivity index (χ1v) is 3.44. The molecule has 5 heteroatoms. The molecule has 0 heterocycles. The van der Waals surface area contributed by atoms with Crippen LogP contribution in [-0.4, -0.2) is 35.3 Å². The lowest BCUT2D eigenvalue weighted by Crippen LogP contribution is -2.35. The van der Waals surface area contributed by atoms with Crippen LogP contribution < -0.4 is 3.53 Å². The molecule has 3 N–H and O–H groups in total. The number of nitrogens with one attached hydrogen (secondary N) is 1. The Hall–Kier alpha value is 0.280. The van der Waals surface area contributed by atoms with Gasteiger partial charge in [-0.15, -0.1) is 0 Å². The number of aliphatic hydroxyl groups is 2. The maximum Gasteiger partial charge on any atom is 0.178 e. The molecule has 0 unspecified atom stereocenters. The molecule has 0 fully saturated rings. The number of ketones is 1. The van der Waals surface area contributed by atoms with Crippen LogP contribution in [0.2, 0.25) is 0 Å². The average molecular weight is 245 g/mol. The van der Waals surface area contributed by atoms with E-state index in [1.807, 2.05) is 0 Å². The van der Waals surface area contributed by atoms with Gasteiger partial charge in [0.15, 0.2) is 5.78 Å². The van der Waals surface area contributed by atoms with Crippen LogP contribution in [0.1, 0.15) is 0 Å². The van der Waals surface area contributed by atoms with Crippen molar-refractivity contribution in [3.05, 3.63) is 0 Å². The summed E-state index contributed by atoms with van der Waals surface area (Å²) in [6.45, 7) is -0.802. The number of Topliss-reactive ketones (excluding diaryl/α,β-unsaturated/α-hetero) is 1. The quantitative estimate of drug-likeness (QED) is 0.432.